The average Bonchev–Trinajstić information content (AvgIpc) is 2.26. The molecule has 1 aliphatic rings. The first kappa shape index (κ1) is 18.1. The highest BCUT2D eigenvalue weighted by molar-refractivity contribution is 6.74. The molecule has 1 rings (SSSR count). The van der Waals surface area contributed by atoms with E-state index in [2.05, 4.69) is 33.9 Å². The van der Waals surface area contributed by atoms with E-state index in [0.717, 1.165) is 12.8 Å². The fraction of sp³-hybridized carbons (Fsp3) is 1.00. The van der Waals surface area contributed by atoms with E-state index in [4.69, 9.17) is 9.53 Å². The van der Waals surface area contributed by atoms with E-state index in [-0.39, 0.29) is 24.2 Å². The monoisotopic (exact) mass is 304 g/mol. The van der Waals surface area contributed by atoms with Gasteiger partial charge in [-0.25, -0.2) is 0 Å². The van der Waals surface area contributed by atoms with Crippen molar-refractivity contribution in [3.63, 3.8) is 0 Å². The maximum Gasteiger partial charge on any atom is 0.192 e. The highest BCUT2D eigenvalue weighted by Crippen LogP contribution is 2.41. The third-order valence-corrected chi connectivity index (χ3v) is 9.40. The quantitative estimate of drug-likeness (QED) is 0.682. The first-order valence-corrected chi connectivity index (χ1v) is 10.6. The topological polar surface area (TPSA) is 69.9 Å². The van der Waals surface area contributed by atoms with Crippen LogP contribution in [0.5, 0.6) is 0 Å². The average molecular weight is 305 g/mol. The number of hydrogen-bond donors (Lipinski definition) is 3. The number of rotatable bonds is 5. The molecular weight excluding hydrogens is 272 g/mol. The Morgan fingerprint density at radius 3 is 2.45 bits per heavy atom. The summed E-state index contributed by atoms with van der Waals surface area (Å²) in [5.74, 6) is 0. The molecule has 3 atom stereocenters. The van der Waals surface area contributed by atoms with Gasteiger partial charge in [0.25, 0.3) is 0 Å². The molecule has 0 saturated heterocycles. The Hall–Kier alpha value is 0.0569. The van der Waals surface area contributed by atoms with Crippen LogP contribution < -0.4 is 0 Å². The van der Waals surface area contributed by atoms with Gasteiger partial charge in [-0.05, 0) is 37.4 Å². The maximum absolute atomic E-state index is 10.6. The molecule has 0 aliphatic heterocycles. The van der Waals surface area contributed by atoms with Crippen molar-refractivity contribution in [2.45, 2.75) is 88.8 Å². The van der Waals surface area contributed by atoms with Crippen molar-refractivity contribution in [3.8, 4) is 0 Å². The summed E-state index contributed by atoms with van der Waals surface area (Å²) in [5.41, 5.74) is -0.895. The molecule has 0 aromatic rings. The number of aliphatic hydroxyl groups excluding tert-OH is 2. The minimum absolute atomic E-state index is 0.0699. The summed E-state index contributed by atoms with van der Waals surface area (Å²) in [6, 6.07) is 0. The zero-order valence-corrected chi connectivity index (χ0v) is 14.6. The van der Waals surface area contributed by atoms with Gasteiger partial charge in [0.2, 0.25) is 0 Å². The molecule has 0 spiro atoms. The highest BCUT2D eigenvalue weighted by Gasteiger charge is 2.43. The lowest BCUT2D eigenvalue weighted by molar-refractivity contribution is -0.0763. The van der Waals surface area contributed by atoms with Crippen molar-refractivity contribution in [3.05, 3.63) is 0 Å². The molecule has 1 saturated carbocycles. The molecule has 0 radical (unpaired) electrons. The van der Waals surface area contributed by atoms with E-state index >= 15 is 0 Å². The molecule has 1 aliphatic carbocycles. The van der Waals surface area contributed by atoms with Crippen LogP contribution in [0.25, 0.3) is 0 Å². The lowest BCUT2D eigenvalue weighted by Gasteiger charge is -2.44. The molecule has 0 bridgehead atoms. The van der Waals surface area contributed by atoms with Crippen LogP contribution >= 0.6 is 0 Å². The van der Waals surface area contributed by atoms with Gasteiger partial charge in [0.05, 0.1) is 18.3 Å². The maximum atomic E-state index is 10.6. The van der Waals surface area contributed by atoms with Gasteiger partial charge in [0, 0.05) is 18.9 Å². The van der Waals surface area contributed by atoms with Crippen LogP contribution in [-0.2, 0) is 4.43 Å². The minimum atomic E-state index is -1.83. The van der Waals surface area contributed by atoms with Gasteiger partial charge in [-0.3, -0.25) is 0 Å². The first-order chi connectivity index (χ1) is 8.99. The standard InChI is InChI=1S/C15H32O4Si/c1-14(2,3)20(4,5)19-13-7-6-8-15(18,10-13)9-12(17)11-16/h12-13,16-18H,6-11H2,1-5H3/t12?,13-,15-/m1/s1. The summed E-state index contributed by atoms with van der Waals surface area (Å²) >= 11 is 0. The Bertz CT molecular complexity index is 313. The molecule has 20 heavy (non-hydrogen) atoms. The molecule has 4 nitrogen and oxygen atoms in total. The lowest BCUT2D eigenvalue weighted by atomic mass is 9.79. The van der Waals surface area contributed by atoms with Crippen LogP contribution in [0.1, 0.15) is 52.9 Å². The van der Waals surface area contributed by atoms with Gasteiger partial charge in [0.1, 0.15) is 0 Å². The summed E-state index contributed by atoms with van der Waals surface area (Å²) < 4.78 is 6.39. The molecule has 120 valence electrons. The third-order valence-electron chi connectivity index (χ3n) is 4.87. The van der Waals surface area contributed by atoms with Crippen molar-refractivity contribution >= 4 is 8.32 Å². The zero-order valence-electron chi connectivity index (χ0n) is 13.6. The van der Waals surface area contributed by atoms with E-state index in [0.29, 0.717) is 12.8 Å². The molecule has 1 unspecified atom stereocenters. The smallest absolute Gasteiger partial charge is 0.192 e. The molecule has 1 fully saturated rings. The molecule has 0 amide bonds. The second-order valence-electron chi connectivity index (χ2n) is 7.86. The Kier molecular flexibility index (Phi) is 5.83. The van der Waals surface area contributed by atoms with E-state index in [1.54, 1.807) is 0 Å². The molecule has 0 heterocycles. The molecule has 0 aromatic heterocycles. The normalized spacial score (nSPS) is 30.3. The van der Waals surface area contributed by atoms with Gasteiger partial charge in [0.15, 0.2) is 8.32 Å². The minimum Gasteiger partial charge on any atom is -0.414 e. The van der Waals surface area contributed by atoms with E-state index < -0.39 is 20.0 Å². The predicted molar refractivity (Wildman–Crippen MR) is 83.2 cm³/mol. The van der Waals surface area contributed by atoms with Crippen LogP contribution in [0.15, 0.2) is 0 Å². The second kappa shape index (κ2) is 6.44. The fourth-order valence-electron chi connectivity index (χ4n) is 2.67. The highest BCUT2D eigenvalue weighted by atomic mass is 28.4. The van der Waals surface area contributed by atoms with Gasteiger partial charge in [-0.15, -0.1) is 0 Å². The van der Waals surface area contributed by atoms with Gasteiger partial charge < -0.3 is 19.7 Å². The van der Waals surface area contributed by atoms with Crippen molar-refractivity contribution in [1.29, 1.82) is 0 Å². The zero-order chi connectivity index (χ0) is 15.6. The molecular formula is C15H32O4Si. The SMILES string of the molecule is CC(C)(C)[Si](C)(C)O[C@@H]1CCC[C@@](O)(CC(O)CO)C1. The van der Waals surface area contributed by atoms with Crippen molar-refractivity contribution in [2.75, 3.05) is 6.61 Å². The molecule has 5 heteroatoms. The van der Waals surface area contributed by atoms with Crippen molar-refractivity contribution < 1.29 is 19.7 Å². The fourth-order valence-corrected chi connectivity index (χ4v) is 4.06. The number of hydrogen-bond acceptors (Lipinski definition) is 4. The van der Waals surface area contributed by atoms with E-state index in [9.17, 15) is 10.2 Å². The summed E-state index contributed by atoms with van der Waals surface area (Å²) in [6.07, 6.45) is 2.60. The Morgan fingerprint density at radius 1 is 1.35 bits per heavy atom. The van der Waals surface area contributed by atoms with E-state index in [1.807, 2.05) is 0 Å². The summed E-state index contributed by atoms with van der Waals surface area (Å²) in [4.78, 5) is 0. The second-order valence-corrected chi connectivity index (χ2v) is 12.6. The number of aliphatic hydroxyl groups is 3. The Labute approximate surface area is 124 Å². The van der Waals surface area contributed by atoms with Gasteiger partial charge in [-0.2, -0.15) is 0 Å². The summed E-state index contributed by atoms with van der Waals surface area (Å²) in [7, 11) is -1.83. The van der Waals surface area contributed by atoms with Crippen LogP contribution in [-0.4, -0.2) is 48.1 Å². The Morgan fingerprint density at radius 2 is 1.95 bits per heavy atom. The van der Waals surface area contributed by atoms with Crippen LogP contribution in [0.2, 0.25) is 18.1 Å². The van der Waals surface area contributed by atoms with Gasteiger partial charge >= 0.3 is 0 Å². The summed E-state index contributed by atoms with van der Waals surface area (Å²) in [6.45, 7) is 10.8. The predicted octanol–water partition coefficient (Wildman–Crippen LogP) is 2.43. The van der Waals surface area contributed by atoms with Crippen LogP contribution in [0, 0.1) is 0 Å². The first-order valence-electron chi connectivity index (χ1n) is 7.68. The largest absolute Gasteiger partial charge is 0.414 e. The molecule has 3 N–H and O–H groups in total. The van der Waals surface area contributed by atoms with Gasteiger partial charge in [-0.1, -0.05) is 20.8 Å². The van der Waals surface area contributed by atoms with Crippen molar-refractivity contribution in [1.82, 2.24) is 0 Å². The third kappa shape index (κ3) is 4.81. The van der Waals surface area contributed by atoms with Crippen LogP contribution in [0.3, 0.4) is 0 Å². The lowest BCUT2D eigenvalue weighted by Crippen LogP contribution is -2.48. The Balaban J connectivity index is 2.65. The summed E-state index contributed by atoms with van der Waals surface area (Å²) in [5, 5.41) is 29.3. The van der Waals surface area contributed by atoms with Crippen LogP contribution in [0.4, 0.5) is 0 Å². The van der Waals surface area contributed by atoms with E-state index in [1.165, 1.54) is 0 Å². The van der Waals surface area contributed by atoms with Crippen molar-refractivity contribution in [2.24, 2.45) is 0 Å². The molecule has 0 aromatic carbocycles.